The molecular weight excluding hydrogens is 226 g/mol. The summed E-state index contributed by atoms with van der Waals surface area (Å²) in [6.45, 7) is 0.233. The van der Waals surface area contributed by atoms with Crippen LogP contribution >= 0.6 is 11.6 Å². The average Bonchev–Trinajstić information content (AvgIpc) is 2.30. The van der Waals surface area contributed by atoms with Gasteiger partial charge in [0.25, 0.3) is 0 Å². The number of aliphatic hydroxyl groups excluding tert-OH is 1. The van der Waals surface area contributed by atoms with Crippen LogP contribution in [-0.2, 0) is 0 Å². The number of nitrogens with zero attached hydrogens (tertiary/aromatic N) is 2. The van der Waals surface area contributed by atoms with Crippen molar-refractivity contribution in [2.45, 2.75) is 31.7 Å². The minimum atomic E-state index is 0.233. The Labute approximate surface area is 100 Å². The largest absolute Gasteiger partial charge is 0.396 e. The molecule has 1 aromatic heterocycles. The van der Waals surface area contributed by atoms with Gasteiger partial charge >= 0.3 is 0 Å². The third-order valence-electron chi connectivity index (χ3n) is 3.10. The second kappa shape index (κ2) is 5.46. The summed E-state index contributed by atoms with van der Waals surface area (Å²) in [5.74, 6) is 1.06. The molecule has 4 nitrogen and oxygen atoms in total. The van der Waals surface area contributed by atoms with Crippen LogP contribution < -0.4 is 5.32 Å². The molecule has 0 aromatic carbocycles. The molecule has 1 saturated carbocycles. The third-order valence-corrected chi connectivity index (χ3v) is 3.29. The molecule has 2 rings (SSSR count). The molecular formula is C11H16ClN3O. The fourth-order valence-electron chi connectivity index (χ4n) is 2.22. The topological polar surface area (TPSA) is 58.0 Å². The monoisotopic (exact) mass is 241 g/mol. The molecule has 1 aliphatic rings. The highest BCUT2D eigenvalue weighted by Gasteiger charge is 2.24. The van der Waals surface area contributed by atoms with Crippen LogP contribution in [0.3, 0.4) is 0 Å². The molecule has 88 valence electrons. The minimum Gasteiger partial charge on any atom is -0.396 e. The Morgan fingerprint density at radius 3 is 3.00 bits per heavy atom. The van der Waals surface area contributed by atoms with Gasteiger partial charge in [0, 0.05) is 24.8 Å². The van der Waals surface area contributed by atoms with Gasteiger partial charge in [-0.25, -0.2) is 9.97 Å². The Balaban J connectivity index is 2.02. The van der Waals surface area contributed by atoms with Crippen molar-refractivity contribution >= 4 is 17.4 Å². The predicted octanol–water partition coefficient (Wildman–Crippen LogP) is 2.09. The van der Waals surface area contributed by atoms with Crippen LogP contribution in [0.25, 0.3) is 0 Å². The predicted molar refractivity (Wildman–Crippen MR) is 63.5 cm³/mol. The van der Waals surface area contributed by atoms with Gasteiger partial charge in [-0.15, -0.1) is 0 Å². The van der Waals surface area contributed by atoms with E-state index < -0.39 is 0 Å². The van der Waals surface area contributed by atoms with Crippen molar-refractivity contribution in [3.05, 3.63) is 17.5 Å². The van der Waals surface area contributed by atoms with Gasteiger partial charge in [-0.2, -0.15) is 0 Å². The molecule has 0 saturated heterocycles. The second-order valence-corrected chi connectivity index (χ2v) is 4.53. The molecule has 1 fully saturated rings. The molecule has 1 aromatic rings. The highest BCUT2D eigenvalue weighted by Crippen LogP contribution is 2.26. The molecule has 2 N–H and O–H groups in total. The normalized spacial score (nSPS) is 25.4. The zero-order valence-electron chi connectivity index (χ0n) is 9.06. The van der Waals surface area contributed by atoms with Gasteiger partial charge in [-0.1, -0.05) is 12.8 Å². The lowest BCUT2D eigenvalue weighted by molar-refractivity contribution is 0.178. The van der Waals surface area contributed by atoms with Gasteiger partial charge < -0.3 is 10.4 Å². The van der Waals surface area contributed by atoms with Gasteiger partial charge in [0.15, 0.2) is 0 Å². The lowest BCUT2D eigenvalue weighted by Gasteiger charge is -2.31. The van der Waals surface area contributed by atoms with Crippen molar-refractivity contribution < 1.29 is 5.11 Å². The second-order valence-electron chi connectivity index (χ2n) is 4.19. The van der Waals surface area contributed by atoms with Gasteiger partial charge in [-0.05, 0) is 30.5 Å². The maximum Gasteiger partial charge on any atom is 0.224 e. The average molecular weight is 242 g/mol. The molecule has 16 heavy (non-hydrogen) atoms. The van der Waals surface area contributed by atoms with E-state index in [-0.39, 0.29) is 11.9 Å². The number of anilines is 1. The number of halogens is 1. The fourth-order valence-corrected chi connectivity index (χ4v) is 2.37. The van der Waals surface area contributed by atoms with Gasteiger partial charge in [0.1, 0.15) is 5.82 Å². The SMILES string of the molecule is OCC1CCCCC1Nc1ccnc(Cl)n1. The summed E-state index contributed by atoms with van der Waals surface area (Å²) in [7, 11) is 0. The molecule has 0 amide bonds. The Morgan fingerprint density at radius 2 is 2.25 bits per heavy atom. The maximum absolute atomic E-state index is 9.30. The zero-order chi connectivity index (χ0) is 11.4. The molecule has 1 aliphatic carbocycles. The molecule has 5 heteroatoms. The molecule has 0 bridgehead atoms. The molecule has 0 radical (unpaired) electrons. The Kier molecular flexibility index (Phi) is 3.96. The van der Waals surface area contributed by atoms with E-state index in [0.29, 0.717) is 12.0 Å². The Hall–Kier alpha value is -0.870. The first-order valence-corrected chi connectivity index (χ1v) is 6.03. The van der Waals surface area contributed by atoms with Crippen LogP contribution in [-0.4, -0.2) is 27.7 Å². The van der Waals surface area contributed by atoms with E-state index in [1.165, 1.54) is 12.8 Å². The first kappa shape index (κ1) is 11.6. The van der Waals surface area contributed by atoms with Gasteiger partial charge in [0.2, 0.25) is 5.28 Å². The van der Waals surface area contributed by atoms with Crippen LogP contribution in [0, 0.1) is 5.92 Å². The number of nitrogens with one attached hydrogen (secondary N) is 1. The van der Waals surface area contributed by atoms with E-state index in [2.05, 4.69) is 15.3 Å². The quantitative estimate of drug-likeness (QED) is 0.796. The van der Waals surface area contributed by atoms with Crippen molar-refractivity contribution in [3.63, 3.8) is 0 Å². The van der Waals surface area contributed by atoms with Crippen molar-refractivity contribution in [2.24, 2.45) is 5.92 Å². The first-order chi connectivity index (χ1) is 7.79. The number of hydrogen-bond acceptors (Lipinski definition) is 4. The summed E-state index contributed by atoms with van der Waals surface area (Å²) in [4.78, 5) is 7.93. The van der Waals surface area contributed by atoms with Crippen molar-refractivity contribution in [1.29, 1.82) is 0 Å². The van der Waals surface area contributed by atoms with Crippen LogP contribution in [0.4, 0.5) is 5.82 Å². The van der Waals surface area contributed by atoms with Gasteiger partial charge in [-0.3, -0.25) is 0 Å². The van der Waals surface area contributed by atoms with Crippen molar-refractivity contribution in [1.82, 2.24) is 9.97 Å². The number of aromatic nitrogens is 2. The van der Waals surface area contributed by atoms with Crippen molar-refractivity contribution in [3.8, 4) is 0 Å². The van der Waals surface area contributed by atoms with Crippen molar-refractivity contribution in [2.75, 3.05) is 11.9 Å². The molecule has 2 unspecified atom stereocenters. The number of aliphatic hydroxyl groups is 1. The summed E-state index contributed by atoms with van der Waals surface area (Å²) in [5, 5.41) is 12.9. The summed E-state index contributed by atoms with van der Waals surface area (Å²) < 4.78 is 0. The summed E-state index contributed by atoms with van der Waals surface area (Å²) in [6, 6.07) is 2.10. The third kappa shape index (κ3) is 2.83. The van der Waals surface area contributed by atoms with Crippen LogP contribution in [0.15, 0.2) is 12.3 Å². The van der Waals surface area contributed by atoms with E-state index in [0.717, 1.165) is 18.7 Å². The molecule has 1 heterocycles. The zero-order valence-corrected chi connectivity index (χ0v) is 9.82. The standard InChI is InChI=1S/C11H16ClN3O/c12-11-13-6-5-10(15-11)14-9-4-2-1-3-8(9)7-16/h5-6,8-9,16H,1-4,7H2,(H,13,14,15). The smallest absolute Gasteiger partial charge is 0.224 e. The first-order valence-electron chi connectivity index (χ1n) is 5.65. The Bertz CT molecular complexity index is 348. The lowest BCUT2D eigenvalue weighted by Crippen LogP contribution is -2.34. The van der Waals surface area contributed by atoms with E-state index >= 15 is 0 Å². The summed E-state index contributed by atoms with van der Waals surface area (Å²) in [6.07, 6.45) is 6.19. The van der Waals surface area contributed by atoms with E-state index in [1.54, 1.807) is 12.3 Å². The fraction of sp³-hybridized carbons (Fsp3) is 0.636. The molecule has 2 atom stereocenters. The minimum absolute atomic E-state index is 0.233. The van der Waals surface area contributed by atoms with E-state index in [1.807, 2.05) is 0 Å². The van der Waals surface area contributed by atoms with E-state index in [9.17, 15) is 5.11 Å². The summed E-state index contributed by atoms with van der Waals surface area (Å²) >= 11 is 5.72. The number of rotatable bonds is 3. The van der Waals surface area contributed by atoms with Gasteiger partial charge in [0.05, 0.1) is 0 Å². The lowest BCUT2D eigenvalue weighted by atomic mass is 9.85. The highest BCUT2D eigenvalue weighted by atomic mass is 35.5. The highest BCUT2D eigenvalue weighted by molar-refractivity contribution is 6.28. The molecule has 0 aliphatic heterocycles. The van der Waals surface area contributed by atoms with Crippen LogP contribution in [0.1, 0.15) is 25.7 Å². The van der Waals surface area contributed by atoms with Crippen LogP contribution in [0.2, 0.25) is 5.28 Å². The Morgan fingerprint density at radius 1 is 1.44 bits per heavy atom. The van der Waals surface area contributed by atoms with Crippen LogP contribution in [0.5, 0.6) is 0 Å². The van der Waals surface area contributed by atoms with E-state index in [4.69, 9.17) is 11.6 Å². The summed E-state index contributed by atoms with van der Waals surface area (Å²) in [5.41, 5.74) is 0. The number of hydrogen-bond donors (Lipinski definition) is 2. The molecule has 0 spiro atoms. The maximum atomic E-state index is 9.30.